The number of nitrogens with one attached hydrogen (secondary N) is 1. The first-order valence-electron chi connectivity index (χ1n) is 7.55. The van der Waals surface area contributed by atoms with Crippen LogP contribution in [0.3, 0.4) is 0 Å². The minimum absolute atomic E-state index is 0.235. The van der Waals surface area contributed by atoms with Crippen molar-refractivity contribution in [3.63, 3.8) is 0 Å². The first kappa shape index (κ1) is 17.0. The third kappa shape index (κ3) is 4.58. The Bertz CT molecular complexity index is 882. The predicted octanol–water partition coefficient (Wildman–Crippen LogP) is 3.74. The molecule has 0 saturated carbocycles. The summed E-state index contributed by atoms with van der Waals surface area (Å²) < 4.78 is 20.0. The average molecular weight is 360 g/mol. The maximum absolute atomic E-state index is 13.1. The van der Waals surface area contributed by atoms with Gasteiger partial charge in [-0.15, -0.1) is 0 Å². The van der Waals surface area contributed by atoms with E-state index in [0.29, 0.717) is 23.1 Å². The van der Waals surface area contributed by atoms with Gasteiger partial charge in [-0.2, -0.15) is 5.10 Å². The molecule has 1 heterocycles. The molecule has 128 valence electrons. The van der Waals surface area contributed by atoms with Crippen LogP contribution in [0.25, 0.3) is 0 Å². The number of halogens is 2. The second-order valence-corrected chi connectivity index (χ2v) is 5.67. The quantitative estimate of drug-likeness (QED) is 0.729. The molecule has 3 aromatic rings. The Balaban J connectivity index is 1.61. The SMILES string of the molecule is O=C(COc1cccc(F)c1)Nc1ccnn1Cc1ccccc1Cl. The van der Waals surface area contributed by atoms with Crippen LogP contribution in [0.5, 0.6) is 5.75 Å². The van der Waals surface area contributed by atoms with E-state index < -0.39 is 5.82 Å². The molecular weight excluding hydrogens is 345 g/mol. The van der Waals surface area contributed by atoms with E-state index in [-0.39, 0.29) is 12.5 Å². The van der Waals surface area contributed by atoms with Crippen LogP contribution < -0.4 is 10.1 Å². The lowest BCUT2D eigenvalue weighted by Gasteiger charge is -2.11. The van der Waals surface area contributed by atoms with Crippen molar-refractivity contribution in [1.82, 2.24) is 9.78 Å². The highest BCUT2D eigenvalue weighted by atomic mass is 35.5. The Labute approximate surface area is 149 Å². The van der Waals surface area contributed by atoms with E-state index in [4.69, 9.17) is 16.3 Å². The number of hydrogen-bond acceptors (Lipinski definition) is 3. The lowest BCUT2D eigenvalue weighted by Crippen LogP contribution is -2.22. The number of carbonyl (C=O) groups excluding carboxylic acids is 1. The lowest BCUT2D eigenvalue weighted by molar-refractivity contribution is -0.118. The zero-order chi connectivity index (χ0) is 17.6. The monoisotopic (exact) mass is 359 g/mol. The minimum Gasteiger partial charge on any atom is -0.484 e. The second-order valence-electron chi connectivity index (χ2n) is 5.26. The molecule has 0 aliphatic carbocycles. The molecular formula is C18H15ClFN3O2. The molecule has 0 unspecified atom stereocenters. The van der Waals surface area contributed by atoms with Gasteiger partial charge in [-0.1, -0.05) is 35.9 Å². The third-order valence-corrected chi connectivity index (χ3v) is 3.80. The number of nitrogens with zero attached hydrogens (tertiary/aromatic N) is 2. The van der Waals surface area contributed by atoms with Crippen molar-refractivity contribution in [2.75, 3.05) is 11.9 Å². The first-order chi connectivity index (χ1) is 12.1. The summed E-state index contributed by atoms with van der Waals surface area (Å²) >= 11 is 6.15. The fourth-order valence-corrected chi connectivity index (χ4v) is 2.43. The van der Waals surface area contributed by atoms with E-state index in [1.165, 1.54) is 18.2 Å². The van der Waals surface area contributed by atoms with Gasteiger partial charge in [0.15, 0.2) is 6.61 Å². The summed E-state index contributed by atoms with van der Waals surface area (Å²) in [7, 11) is 0. The van der Waals surface area contributed by atoms with Gasteiger partial charge in [0.25, 0.3) is 5.91 Å². The number of ether oxygens (including phenoxy) is 1. The zero-order valence-electron chi connectivity index (χ0n) is 13.2. The highest BCUT2D eigenvalue weighted by Gasteiger charge is 2.10. The largest absolute Gasteiger partial charge is 0.484 e. The van der Waals surface area contributed by atoms with Crippen molar-refractivity contribution in [3.8, 4) is 5.75 Å². The predicted molar refractivity (Wildman–Crippen MR) is 93.3 cm³/mol. The Morgan fingerprint density at radius 3 is 2.84 bits per heavy atom. The molecule has 0 atom stereocenters. The van der Waals surface area contributed by atoms with Crippen molar-refractivity contribution >= 4 is 23.3 Å². The van der Waals surface area contributed by atoms with Crippen LogP contribution in [0.2, 0.25) is 5.02 Å². The molecule has 0 saturated heterocycles. The van der Waals surface area contributed by atoms with Crippen LogP contribution in [0.1, 0.15) is 5.56 Å². The van der Waals surface area contributed by atoms with Gasteiger partial charge in [0, 0.05) is 17.2 Å². The molecule has 7 heteroatoms. The summed E-state index contributed by atoms with van der Waals surface area (Å²) in [4.78, 5) is 12.0. The summed E-state index contributed by atoms with van der Waals surface area (Å²) in [6.07, 6.45) is 1.58. The maximum atomic E-state index is 13.1. The van der Waals surface area contributed by atoms with Crippen molar-refractivity contribution in [3.05, 3.63) is 77.2 Å². The summed E-state index contributed by atoms with van der Waals surface area (Å²) in [5.41, 5.74) is 0.888. The normalized spacial score (nSPS) is 10.5. The van der Waals surface area contributed by atoms with E-state index >= 15 is 0 Å². The van der Waals surface area contributed by atoms with E-state index in [9.17, 15) is 9.18 Å². The van der Waals surface area contributed by atoms with Gasteiger partial charge in [-0.3, -0.25) is 4.79 Å². The Morgan fingerprint density at radius 2 is 2.04 bits per heavy atom. The summed E-state index contributed by atoms with van der Waals surface area (Å²) in [5.74, 6) is 0.0216. The van der Waals surface area contributed by atoms with Gasteiger partial charge in [0.2, 0.25) is 0 Å². The molecule has 0 radical (unpaired) electrons. The van der Waals surface area contributed by atoms with Crippen LogP contribution in [0.15, 0.2) is 60.8 Å². The smallest absolute Gasteiger partial charge is 0.263 e. The second kappa shape index (κ2) is 7.81. The molecule has 2 aromatic carbocycles. The number of hydrogen-bond donors (Lipinski definition) is 1. The molecule has 0 bridgehead atoms. The number of amides is 1. The van der Waals surface area contributed by atoms with Crippen LogP contribution in [0, 0.1) is 5.82 Å². The topological polar surface area (TPSA) is 56.1 Å². The Morgan fingerprint density at radius 1 is 1.20 bits per heavy atom. The molecule has 1 N–H and O–H groups in total. The van der Waals surface area contributed by atoms with Gasteiger partial charge in [0.05, 0.1) is 12.7 Å². The minimum atomic E-state index is -0.421. The molecule has 0 spiro atoms. The van der Waals surface area contributed by atoms with Gasteiger partial charge in [0.1, 0.15) is 17.4 Å². The fraction of sp³-hybridized carbons (Fsp3) is 0.111. The van der Waals surface area contributed by atoms with Crippen molar-refractivity contribution < 1.29 is 13.9 Å². The van der Waals surface area contributed by atoms with Crippen LogP contribution in [-0.4, -0.2) is 22.3 Å². The molecule has 1 aromatic heterocycles. The van der Waals surface area contributed by atoms with E-state index in [1.54, 1.807) is 29.1 Å². The zero-order valence-corrected chi connectivity index (χ0v) is 13.9. The maximum Gasteiger partial charge on any atom is 0.263 e. The number of benzene rings is 2. The number of carbonyl (C=O) groups is 1. The molecule has 25 heavy (non-hydrogen) atoms. The molecule has 0 fully saturated rings. The summed E-state index contributed by atoms with van der Waals surface area (Å²) in [5, 5.41) is 7.53. The Kier molecular flexibility index (Phi) is 5.30. The van der Waals surface area contributed by atoms with Gasteiger partial charge >= 0.3 is 0 Å². The first-order valence-corrected chi connectivity index (χ1v) is 7.93. The summed E-state index contributed by atoms with van der Waals surface area (Å²) in [6.45, 7) is 0.188. The summed E-state index contributed by atoms with van der Waals surface area (Å²) in [6, 6.07) is 14.7. The van der Waals surface area contributed by atoms with Crippen LogP contribution in [-0.2, 0) is 11.3 Å². The van der Waals surface area contributed by atoms with Crippen molar-refractivity contribution in [1.29, 1.82) is 0 Å². The van der Waals surface area contributed by atoms with Gasteiger partial charge in [-0.25, -0.2) is 9.07 Å². The van der Waals surface area contributed by atoms with E-state index in [0.717, 1.165) is 5.56 Å². The molecule has 0 aliphatic heterocycles. The Hall–Kier alpha value is -2.86. The third-order valence-electron chi connectivity index (χ3n) is 3.43. The molecule has 3 rings (SSSR count). The van der Waals surface area contributed by atoms with Crippen LogP contribution >= 0.6 is 11.6 Å². The van der Waals surface area contributed by atoms with E-state index in [2.05, 4.69) is 10.4 Å². The highest BCUT2D eigenvalue weighted by molar-refractivity contribution is 6.31. The number of rotatable bonds is 6. The van der Waals surface area contributed by atoms with Gasteiger partial charge in [-0.05, 0) is 23.8 Å². The lowest BCUT2D eigenvalue weighted by atomic mass is 10.2. The van der Waals surface area contributed by atoms with E-state index in [1.807, 2.05) is 18.2 Å². The van der Waals surface area contributed by atoms with Crippen LogP contribution in [0.4, 0.5) is 10.2 Å². The van der Waals surface area contributed by atoms with Crippen molar-refractivity contribution in [2.24, 2.45) is 0 Å². The highest BCUT2D eigenvalue weighted by Crippen LogP contribution is 2.18. The average Bonchev–Trinajstić information content (AvgIpc) is 3.02. The molecule has 5 nitrogen and oxygen atoms in total. The number of anilines is 1. The number of aromatic nitrogens is 2. The standard InChI is InChI=1S/C18H15ClFN3O2/c19-16-7-2-1-4-13(16)11-23-17(8-9-21-23)22-18(24)12-25-15-6-3-5-14(20)10-15/h1-10H,11-12H2,(H,22,24). The molecule has 0 aliphatic rings. The molecule has 1 amide bonds. The van der Waals surface area contributed by atoms with Gasteiger partial charge < -0.3 is 10.1 Å². The van der Waals surface area contributed by atoms with Crippen molar-refractivity contribution in [2.45, 2.75) is 6.54 Å². The fourth-order valence-electron chi connectivity index (χ4n) is 2.24.